The Bertz CT molecular complexity index is 191. The van der Waals surface area contributed by atoms with E-state index in [9.17, 15) is 5.11 Å². The predicted octanol–water partition coefficient (Wildman–Crippen LogP) is 3.77. The highest BCUT2D eigenvalue weighted by Crippen LogP contribution is 2.38. The lowest BCUT2D eigenvalue weighted by Crippen LogP contribution is -2.28. The van der Waals surface area contributed by atoms with E-state index in [4.69, 9.17) is 0 Å². The maximum Gasteiger partial charge on any atom is 0.0919 e. The third kappa shape index (κ3) is 2.26. The van der Waals surface area contributed by atoms with Gasteiger partial charge in [-0.05, 0) is 36.7 Å². The fourth-order valence-corrected chi connectivity index (χ4v) is 2.54. The summed E-state index contributed by atoms with van der Waals surface area (Å²) in [7, 11) is 0. The average molecular weight is 182 g/mol. The van der Waals surface area contributed by atoms with Crippen LogP contribution in [0.5, 0.6) is 0 Å². The second kappa shape index (κ2) is 4.17. The summed E-state index contributed by atoms with van der Waals surface area (Å²) in [6.45, 7) is 8.93. The van der Waals surface area contributed by atoms with Gasteiger partial charge in [0.2, 0.25) is 0 Å². The molecule has 13 heavy (non-hydrogen) atoms. The summed E-state index contributed by atoms with van der Waals surface area (Å²) in [4.78, 5) is 0. The first kappa shape index (κ1) is 10.6. The fraction of sp³-hybridized carbons (Fsp3) is 0.833. The van der Waals surface area contributed by atoms with E-state index in [-0.39, 0.29) is 0 Å². The van der Waals surface area contributed by atoms with Crippen molar-refractivity contribution in [2.45, 2.75) is 40.5 Å². The minimum atomic E-state index is 0.397. The molecule has 2 atom stereocenters. The monoisotopic (exact) mass is 182 g/mol. The van der Waals surface area contributed by atoms with Gasteiger partial charge in [0.05, 0.1) is 5.76 Å². The van der Waals surface area contributed by atoms with Gasteiger partial charge in [-0.3, -0.25) is 0 Å². The summed E-state index contributed by atoms with van der Waals surface area (Å²) < 4.78 is 0. The number of allylic oxidation sites excluding steroid dienone is 2. The lowest BCUT2D eigenvalue weighted by atomic mass is 9.71. The molecule has 1 rings (SSSR count). The lowest BCUT2D eigenvalue weighted by Gasteiger charge is -2.35. The van der Waals surface area contributed by atoms with Crippen molar-refractivity contribution in [2.24, 2.45) is 23.7 Å². The molecule has 0 amide bonds. The predicted molar refractivity (Wildman–Crippen MR) is 56.6 cm³/mol. The van der Waals surface area contributed by atoms with Crippen molar-refractivity contribution in [1.29, 1.82) is 0 Å². The van der Waals surface area contributed by atoms with Gasteiger partial charge >= 0.3 is 0 Å². The van der Waals surface area contributed by atoms with Gasteiger partial charge < -0.3 is 5.11 Å². The van der Waals surface area contributed by atoms with Crippen LogP contribution in [0.3, 0.4) is 0 Å². The summed E-state index contributed by atoms with van der Waals surface area (Å²) in [5, 5.41) is 9.82. The molecule has 0 saturated heterocycles. The highest BCUT2D eigenvalue weighted by molar-refractivity contribution is 5.05. The van der Waals surface area contributed by atoms with Gasteiger partial charge in [-0.25, -0.2) is 0 Å². The highest BCUT2D eigenvalue weighted by Gasteiger charge is 2.31. The minimum absolute atomic E-state index is 0.397. The Hall–Kier alpha value is -0.460. The van der Waals surface area contributed by atoms with Crippen LogP contribution in [0.4, 0.5) is 0 Å². The molecular formula is C12H22O. The molecule has 1 nitrogen and oxygen atoms in total. The van der Waals surface area contributed by atoms with E-state index >= 15 is 0 Å². The first-order valence-corrected chi connectivity index (χ1v) is 5.43. The van der Waals surface area contributed by atoms with E-state index in [0.717, 1.165) is 6.42 Å². The summed E-state index contributed by atoms with van der Waals surface area (Å²) in [6, 6.07) is 0. The molecule has 0 aromatic heterocycles. The van der Waals surface area contributed by atoms with Crippen molar-refractivity contribution < 1.29 is 5.11 Å². The van der Waals surface area contributed by atoms with Crippen LogP contribution >= 0.6 is 0 Å². The Balaban J connectivity index is 2.80. The SMILES string of the molecule is CC(C)C1CCC=C(O)C1C(C)C. The normalized spacial score (nSPS) is 29.5. The Morgan fingerprint density at radius 1 is 1.23 bits per heavy atom. The molecule has 0 aromatic carbocycles. The number of aliphatic hydroxyl groups is 1. The van der Waals surface area contributed by atoms with Gasteiger partial charge in [-0.2, -0.15) is 0 Å². The van der Waals surface area contributed by atoms with E-state index in [1.165, 1.54) is 6.42 Å². The number of hydrogen-bond donors (Lipinski definition) is 1. The van der Waals surface area contributed by atoms with Crippen LogP contribution in [0.25, 0.3) is 0 Å². The van der Waals surface area contributed by atoms with Crippen LogP contribution in [0.1, 0.15) is 40.5 Å². The Morgan fingerprint density at radius 3 is 2.23 bits per heavy atom. The average Bonchev–Trinajstić information content (AvgIpc) is 2.02. The van der Waals surface area contributed by atoms with E-state index < -0.39 is 0 Å². The topological polar surface area (TPSA) is 20.2 Å². The molecule has 0 aliphatic heterocycles. The molecule has 1 heteroatoms. The Morgan fingerprint density at radius 2 is 1.85 bits per heavy atom. The zero-order chi connectivity index (χ0) is 10.0. The lowest BCUT2D eigenvalue weighted by molar-refractivity contribution is 0.147. The third-order valence-electron chi connectivity index (χ3n) is 3.23. The maximum atomic E-state index is 9.82. The quantitative estimate of drug-likeness (QED) is 0.689. The van der Waals surface area contributed by atoms with E-state index in [2.05, 4.69) is 27.7 Å². The van der Waals surface area contributed by atoms with Crippen LogP contribution in [-0.2, 0) is 0 Å². The molecule has 0 bridgehead atoms. The van der Waals surface area contributed by atoms with Crippen LogP contribution in [0.15, 0.2) is 11.8 Å². The van der Waals surface area contributed by atoms with Crippen molar-refractivity contribution in [3.8, 4) is 0 Å². The zero-order valence-electron chi connectivity index (χ0n) is 9.25. The zero-order valence-corrected chi connectivity index (χ0v) is 9.25. The molecule has 0 fully saturated rings. The largest absolute Gasteiger partial charge is 0.512 e. The summed E-state index contributed by atoms with van der Waals surface area (Å²) in [5.41, 5.74) is 0. The van der Waals surface area contributed by atoms with Gasteiger partial charge in [0.15, 0.2) is 0 Å². The third-order valence-corrected chi connectivity index (χ3v) is 3.23. The van der Waals surface area contributed by atoms with Gasteiger partial charge in [0.1, 0.15) is 0 Å². The molecule has 0 heterocycles. The van der Waals surface area contributed by atoms with Crippen molar-refractivity contribution in [3.63, 3.8) is 0 Å². The minimum Gasteiger partial charge on any atom is -0.512 e. The molecule has 0 saturated carbocycles. The van der Waals surface area contributed by atoms with Crippen LogP contribution in [0, 0.1) is 23.7 Å². The Labute approximate surface area is 81.9 Å². The van der Waals surface area contributed by atoms with E-state index in [1.54, 1.807) is 0 Å². The highest BCUT2D eigenvalue weighted by atomic mass is 16.3. The summed E-state index contributed by atoms with van der Waals surface area (Å²) >= 11 is 0. The van der Waals surface area contributed by atoms with Gasteiger partial charge in [0.25, 0.3) is 0 Å². The maximum absolute atomic E-state index is 9.82. The van der Waals surface area contributed by atoms with E-state index in [1.807, 2.05) is 6.08 Å². The van der Waals surface area contributed by atoms with Crippen molar-refractivity contribution in [1.82, 2.24) is 0 Å². The fourth-order valence-electron chi connectivity index (χ4n) is 2.54. The molecule has 1 N–H and O–H groups in total. The molecule has 0 spiro atoms. The number of rotatable bonds is 2. The Kier molecular flexibility index (Phi) is 3.40. The molecule has 0 radical (unpaired) electrons. The van der Waals surface area contributed by atoms with Crippen LogP contribution in [0.2, 0.25) is 0 Å². The first-order valence-electron chi connectivity index (χ1n) is 5.43. The summed E-state index contributed by atoms with van der Waals surface area (Å²) in [6.07, 6.45) is 4.30. The van der Waals surface area contributed by atoms with Gasteiger partial charge in [-0.1, -0.05) is 27.7 Å². The van der Waals surface area contributed by atoms with Gasteiger partial charge in [0, 0.05) is 5.92 Å². The molecule has 1 aliphatic carbocycles. The molecular weight excluding hydrogens is 160 g/mol. The van der Waals surface area contributed by atoms with E-state index in [0.29, 0.717) is 29.4 Å². The van der Waals surface area contributed by atoms with Crippen LogP contribution in [-0.4, -0.2) is 5.11 Å². The van der Waals surface area contributed by atoms with Crippen molar-refractivity contribution in [2.75, 3.05) is 0 Å². The number of hydrogen-bond acceptors (Lipinski definition) is 1. The molecule has 2 unspecified atom stereocenters. The molecule has 1 aliphatic rings. The smallest absolute Gasteiger partial charge is 0.0919 e. The van der Waals surface area contributed by atoms with Crippen molar-refractivity contribution >= 4 is 0 Å². The first-order chi connectivity index (χ1) is 6.04. The van der Waals surface area contributed by atoms with Crippen LogP contribution < -0.4 is 0 Å². The molecule has 76 valence electrons. The number of aliphatic hydroxyl groups excluding tert-OH is 1. The second-order valence-corrected chi connectivity index (χ2v) is 4.88. The molecule has 0 aromatic rings. The van der Waals surface area contributed by atoms with Crippen molar-refractivity contribution in [3.05, 3.63) is 11.8 Å². The second-order valence-electron chi connectivity index (χ2n) is 4.88. The summed E-state index contributed by atoms with van der Waals surface area (Å²) in [5.74, 6) is 2.95. The standard InChI is InChI=1S/C12H22O/c1-8(2)10-6-5-7-11(13)12(10)9(3)4/h7-10,12-13H,5-6H2,1-4H3. The van der Waals surface area contributed by atoms with Gasteiger partial charge in [-0.15, -0.1) is 0 Å².